The van der Waals surface area contributed by atoms with Crippen molar-refractivity contribution in [2.45, 2.75) is 6.18 Å². The molecule has 3 aromatic rings. The predicted octanol–water partition coefficient (Wildman–Crippen LogP) is 4.12. The first-order valence-corrected chi connectivity index (χ1v) is 9.49. The van der Waals surface area contributed by atoms with Gasteiger partial charge in [-0.3, -0.25) is 4.79 Å². The Morgan fingerprint density at radius 3 is 2.48 bits per heavy atom. The van der Waals surface area contributed by atoms with Crippen molar-refractivity contribution in [3.05, 3.63) is 71.8 Å². The lowest BCUT2D eigenvalue weighted by Gasteiger charge is -2.31. The molecular weight excluding hydrogens is 416 g/mol. The van der Waals surface area contributed by atoms with Gasteiger partial charge in [-0.25, -0.2) is 9.07 Å². The molecule has 1 aliphatic heterocycles. The second kappa shape index (κ2) is 8.38. The third-order valence-electron chi connectivity index (χ3n) is 4.84. The summed E-state index contributed by atoms with van der Waals surface area (Å²) in [5.41, 5.74) is -0.319. The van der Waals surface area contributed by atoms with Gasteiger partial charge in [0.1, 0.15) is 11.5 Å². The fraction of sp³-hybridized carbons (Fsp3) is 0.238. The summed E-state index contributed by atoms with van der Waals surface area (Å²) in [5, 5.41) is 6.58. The van der Waals surface area contributed by atoms with E-state index in [4.69, 9.17) is 4.74 Å². The van der Waals surface area contributed by atoms with Crippen LogP contribution in [0.5, 0.6) is 0 Å². The predicted molar refractivity (Wildman–Crippen MR) is 106 cm³/mol. The monoisotopic (exact) mass is 434 g/mol. The Bertz CT molecular complexity index is 1090. The zero-order chi connectivity index (χ0) is 22.0. The molecule has 1 N–H and O–H groups in total. The topological polar surface area (TPSA) is 59.4 Å². The Balaban J connectivity index is 1.63. The molecule has 4 rings (SSSR count). The van der Waals surface area contributed by atoms with Crippen LogP contribution in [0.3, 0.4) is 0 Å². The minimum atomic E-state index is -4.56. The molecule has 0 unspecified atom stereocenters. The lowest BCUT2D eigenvalue weighted by atomic mass is 10.1. The Morgan fingerprint density at radius 2 is 1.77 bits per heavy atom. The first-order chi connectivity index (χ1) is 14.8. The molecule has 2 heterocycles. The minimum absolute atomic E-state index is 0.0159. The smallest absolute Gasteiger partial charge is 0.378 e. The summed E-state index contributed by atoms with van der Waals surface area (Å²) in [6.07, 6.45) is -3.15. The van der Waals surface area contributed by atoms with Crippen LogP contribution in [-0.2, 0) is 10.9 Å². The summed E-state index contributed by atoms with van der Waals surface area (Å²) < 4.78 is 60.1. The highest BCUT2D eigenvalue weighted by Crippen LogP contribution is 2.36. The minimum Gasteiger partial charge on any atom is -0.378 e. The number of rotatable bonds is 4. The van der Waals surface area contributed by atoms with Crippen molar-refractivity contribution < 1.29 is 27.1 Å². The Labute approximate surface area is 175 Å². The van der Waals surface area contributed by atoms with Crippen LogP contribution in [0.25, 0.3) is 5.69 Å². The number of hydrogen-bond acceptors (Lipinski definition) is 4. The lowest BCUT2D eigenvalue weighted by molar-refractivity contribution is -0.137. The maximum Gasteiger partial charge on any atom is 0.416 e. The highest BCUT2D eigenvalue weighted by atomic mass is 19.4. The largest absolute Gasteiger partial charge is 0.416 e. The fourth-order valence-corrected chi connectivity index (χ4v) is 3.30. The molecule has 1 aliphatic rings. The second-order valence-corrected chi connectivity index (χ2v) is 6.88. The fourth-order valence-electron chi connectivity index (χ4n) is 3.30. The number of alkyl halides is 3. The zero-order valence-electron chi connectivity index (χ0n) is 16.2. The third kappa shape index (κ3) is 4.53. The highest BCUT2D eigenvalue weighted by Gasteiger charge is 2.32. The first kappa shape index (κ1) is 20.9. The molecule has 0 spiro atoms. The van der Waals surface area contributed by atoms with Gasteiger partial charge in [0, 0.05) is 19.3 Å². The second-order valence-electron chi connectivity index (χ2n) is 6.88. The number of anilines is 2. The van der Waals surface area contributed by atoms with Gasteiger partial charge in [-0.05, 0) is 36.4 Å². The third-order valence-corrected chi connectivity index (χ3v) is 4.84. The quantitative estimate of drug-likeness (QED) is 0.628. The van der Waals surface area contributed by atoms with E-state index in [-0.39, 0.29) is 17.1 Å². The van der Waals surface area contributed by atoms with Crippen LogP contribution in [0.2, 0.25) is 0 Å². The molecule has 1 saturated heterocycles. The molecule has 1 fully saturated rings. The van der Waals surface area contributed by atoms with Gasteiger partial charge in [0.25, 0.3) is 5.91 Å². The summed E-state index contributed by atoms with van der Waals surface area (Å²) in [6.45, 7) is 1.83. The van der Waals surface area contributed by atoms with Crippen molar-refractivity contribution in [2.75, 3.05) is 36.5 Å². The molecule has 0 atom stereocenters. The summed E-state index contributed by atoms with van der Waals surface area (Å²) in [4.78, 5) is 14.6. The van der Waals surface area contributed by atoms with Crippen molar-refractivity contribution in [2.24, 2.45) is 0 Å². The molecule has 0 aliphatic carbocycles. The SMILES string of the molecule is O=C(Nc1cc(C(F)(F)F)ccc1N1CCOCC1)c1ccn(-c2ccccc2F)n1. The van der Waals surface area contributed by atoms with Crippen molar-refractivity contribution >= 4 is 17.3 Å². The van der Waals surface area contributed by atoms with E-state index >= 15 is 0 Å². The number of nitrogens with one attached hydrogen (secondary N) is 1. The first-order valence-electron chi connectivity index (χ1n) is 9.49. The number of halogens is 4. The van der Waals surface area contributed by atoms with E-state index < -0.39 is 23.5 Å². The molecule has 2 aromatic carbocycles. The van der Waals surface area contributed by atoms with Crippen molar-refractivity contribution in [3.63, 3.8) is 0 Å². The number of carbonyl (C=O) groups is 1. The van der Waals surface area contributed by atoms with Gasteiger partial charge in [0.2, 0.25) is 0 Å². The summed E-state index contributed by atoms with van der Waals surface area (Å²) in [5.74, 6) is -1.23. The van der Waals surface area contributed by atoms with E-state index in [2.05, 4.69) is 10.4 Å². The van der Waals surface area contributed by atoms with Gasteiger partial charge in [0.05, 0.1) is 30.2 Å². The van der Waals surface area contributed by atoms with E-state index in [0.717, 1.165) is 12.1 Å². The summed E-state index contributed by atoms with van der Waals surface area (Å²) in [7, 11) is 0. The molecule has 1 aromatic heterocycles. The van der Waals surface area contributed by atoms with Crippen LogP contribution in [-0.4, -0.2) is 42.0 Å². The molecular formula is C21H18F4N4O2. The number of hydrogen-bond donors (Lipinski definition) is 1. The van der Waals surface area contributed by atoms with Crippen molar-refractivity contribution in [3.8, 4) is 5.69 Å². The molecule has 0 saturated carbocycles. The molecule has 31 heavy (non-hydrogen) atoms. The van der Waals surface area contributed by atoms with Crippen LogP contribution in [0, 0.1) is 5.82 Å². The van der Waals surface area contributed by atoms with Gasteiger partial charge in [-0.1, -0.05) is 12.1 Å². The Morgan fingerprint density at radius 1 is 1.03 bits per heavy atom. The number of morpholine rings is 1. The van der Waals surface area contributed by atoms with Crippen LogP contribution < -0.4 is 10.2 Å². The number of amides is 1. The Hall–Kier alpha value is -3.40. The van der Waals surface area contributed by atoms with E-state index in [1.165, 1.54) is 41.2 Å². The van der Waals surface area contributed by atoms with E-state index in [1.807, 2.05) is 4.90 Å². The van der Waals surface area contributed by atoms with Crippen LogP contribution >= 0.6 is 0 Å². The van der Waals surface area contributed by atoms with E-state index in [0.29, 0.717) is 32.0 Å². The molecule has 1 amide bonds. The maximum atomic E-state index is 14.0. The number of aromatic nitrogens is 2. The van der Waals surface area contributed by atoms with Crippen LogP contribution in [0.4, 0.5) is 28.9 Å². The highest BCUT2D eigenvalue weighted by molar-refractivity contribution is 6.04. The molecule has 6 nitrogen and oxygen atoms in total. The molecule has 0 radical (unpaired) electrons. The van der Waals surface area contributed by atoms with Crippen molar-refractivity contribution in [1.82, 2.24) is 9.78 Å². The van der Waals surface area contributed by atoms with Crippen LogP contribution in [0.15, 0.2) is 54.7 Å². The zero-order valence-corrected chi connectivity index (χ0v) is 16.2. The number of para-hydroxylation sites is 1. The summed E-state index contributed by atoms with van der Waals surface area (Å²) >= 11 is 0. The Kier molecular flexibility index (Phi) is 5.64. The molecule has 0 bridgehead atoms. The normalized spacial score (nSPS) is 14.5. The van der Waals surface area contributed by atoms with Gasteiger partial charge in [0.15, 0.2) is 5.69 Å². The van der Waals surface area contributed by atoms with Crippen molar-refractivity contribution in [1.29, 1.82) is 0 Å². The number of carbonyl (C=O) groups excluding carboxylic acids is 1. The van der Waals surface area contributed by atoms with Gasteiger partial charge in [-0.2, -0.15) is 18.3 Å². The summed E-state index contributed by atoms with van der Waals surface area (Å²) in [6, 6.07) is 10.5. The van der Waals surface area contributed by atoms with E-state index in [1.54, 1.807) is 6.07 Å². The number of nitrogens with zero attached hydrogens (tertiary/aromatic N) is 3. The lowest BCUT2D eigenvalue weighted by Crippen LogP contribution is -2.36. The number of benzene rings is 2. The van der Waals surface area contributed by atoms with Gasteiger partial charge >= 0.3 is 6.18 Å². The number of ether oxygens (including phenoxy) is 1. The van der Waals surface area contributed by atoms with E-state index in [9.17, 15) is 22.4 Å². The standard InChI is InChI=1S/C21H18F4N4O2/c22-15-3-1-2-4-18(15)29-8-7-16(27-29)20(30)26-17-13-14(21(23,24)25)5-6-19(17)28-9-11-31-12-10-28/h1-8,13H,9-12H2,(H,26,30). The van der Waals surface area contributed by atoms with Crippen LogP contribution in [0.1, 0.15) is 16.1 Å². The maximum absolute atomic E-state index is 14.0. The molecule has 162 valence electrons. The average Bonchev–Trinajstić information content (AvgIpc) is 3.24. The average molecular weight is 434 g/mol. The van der Waals surface area contributed by atoms with Gasteiger partial charge < -0.3 is 15.0 Å². The van der Waals surface area contributed by atoms with Gasteiger partial charge in [-0.15, -0.1) is 0 Å². The molecule has 10 heteroatoms.